The lowest BCUT2D eigenvalue weighted by atomic mass is 9.98. The fraction of sp³-hybridized carbons (Fsp3) is 0.917. The van der Waals surface area contributed by atoms with Crippen molar-refractivity contribution in [1.82, 2.24) is 10.6 Å². The van der Waals surface area contributed by atoms with Gasteiger partial charge in [-0.1, -0.05) is 0 Å². The van der Waals surface area contributed by atoms with E-state index in [1.807, 2.05) is 0 Å². The van der Waals surface area contributed by atoms with E-state index >= 15 is 0 Å². The highest BCUT2D eigenvalue weighted by atomic mass is 35.5. The van der Waals surface area contributed by atoms with Gasteiger partial charge in [-0.05, 0) is 19.4 Å². The lowest BCUT2D eigenvalue weighted by Gasteiger charge is -2.28. The smallest absolute Gasteiger partial charge is 0.261 e. The average Bonchev–Trinajstić information content (AvgIpc) is 2.82. The van der Waals surface area contributed by atoms with Crippen LogP contribution in [0.25, 0.3) is 0 Å². The van der Waals surface area contributed by atoms with Gasteiger partial charge in [-0.25, -0.2) is 8.78 Å². The number of alkyl halides is 2. The summed E-state index contributed by atoms with van der Waals surface area (Å²) in [6, 6.07) is 0. The Kier molecular flexibility index (Phi) is 10.0. The first kappa shape index (κ1) is 19.5. The average molecular weight is 317 g/mol. The Morgan fingerprint density at radius 1 is 1.50 bits per heavy atom. The zero-order valence-corrected chi connectivity index (χ0v) is 12.4. The minimum absolute atomic E-state index is 0. The molecule has 1 aliphatic heterocycles. The van der Waals surface area contributed by atoms with E-state index in [1.54, 1.807) is 7.11 Å². The maximum atomic E-state index is 11.8. The van der Waals surface area contributed by atoms with Gasteiger partial charge >= 0.3 is 0 Å². The molecule has 1 aliphatic rings. The van der Waals surface area contributed by atoms with E-state index in [0.29, 0.717) is 13.2 Å². The van der Waals surface area contributed by atoms with E-state index in [0.717, 1.165) is 19.4 Å². The first-order chi connectivity index (χ1) is 9.08. The predicted octanol–water partition coefficient (Wildman–Crippen LogP) is 0.965. The van der Waals surface area contributed by atoms with E-state index in [-0.39, 0.29) is 36.9 Å². The molecule has 1 unspecified atom stereocenters. The van der Waals surface area contributed by atoms with Crippen molar-refractivity contribution in [2.75, 3.05) is 40.0 Å². The summed E-state index contributed by atoms with van der Waals surface area (Å²) in [5.41, 5.74) is -0.200. The summed E-state index contributed by atoms with van der Waals surface area (Å²) in [7, 11) is 1.63. The molecule has 0 aromatic carbocycles. The van der Waals surface area contributed by atoms with Crippen LogP contribution in [-0.4, -0.2) is 57.9 Å². The standard InChI is InChI=1S/C12H22F2N2O3.ClH/c1-18-9-12(4-2-5-16-12)8-15-11(17)3-6-19-7-10(13)14;/h10,16H,2-9H2,1H3,(H,15,17);1H. The fourth-order valence-electron chi connectivity index (χ4n) is 2.16. The summed E-state index contributed by atoms with van der Waals surface area (Å²) in [5, 5.41) is 6.13. The molecule has 1 rings (SSSR count). The van der Waals surface area contributed by atoms with Crippen molar-refractivity contribution in [3.8, 4) is 0 Å². The first-order valence-corrected chi connectivity index (χ1v) is 6.44. The van der Waals surface area contributed by atoms with Crippen molar-refractivity contribution in [2.24, 2.45) is 0 Å². The number of amides is 1. The zero-order valence-electron chi connectivity index (χ0n) is 11.6. The van der Waals surface area contributed by atoms with Crippen molar-refractivity contribution in [2.45, 2.75) is 31.2 Å². The van der Waals surface area contributed by atoms with Gasteiger partial charge in [0.25, 0.3) is 6.43 Å². The lowest BCUT2D eigenvalue weighted by molar-refractivity contribution is -0.123. The third-order valence-electron chi connectivity index (χ3n) is 3.09. The maximum Gasteiger partial charge on any atom is 0.261 e. The normalized spacial score (nSPS) is 21.8. The lowest BCUT2D eigenvalue weighted by Crippen LogP contribution is -2.53. The predicted molar refractivity (Wildman–Crippen MR) is 73.5 cm³/mol. The molecule has 8 heteroatoms. The Hall–Kier alpha value is -0.500. The Labute approximate surface area is 124 Å². The Balaban J connectivity index is 0.00000361. The van der Waals surface area contributed by atoms with Crippen LogP contribution < -0.4 is 10.6 Å². The first-order valence-electron chi connectivity index (χ1n) is 6.44. The Bertz CT molecular complexity index is 277. The van der Waals surface area contributed by atoms with Crippen molar-refractivity contribution >= 4 is 18.3 Å². The second-order valence-corrected chi connectivity index (χ2v) is 4.74. The molecule has 1 atom stereocenters. The highest BCUT2D eigenvalue weighted by Gasteiger charge is 2.33. The second-order valence-electron chi connectivity index (χ2n) is 4.74. The van der Waals surface area contributed by atoms with Gasteiger partial charge in [-0.3, -0.25) is 4.79 Å². The van der Waals surface area contributed by atoms with Crippen LogP contribution in [0.4, 0.5) is 8.78 Å². The van der Waals surface area contributed by atoms with Gasteiger partial charge in [0.1, 0.15) is 6.61 Å². The summed E-state index contributed by atoms with van der Waals surface area (Å²) >= 11 is 0. The van der Waals surface area contributed by atoms with Gasteiger partial charge in [-0.2, -0.15) is 0 Å². The third kappa shape index (κ3) is 7.33. The molecule has 0 bridgehead atoms. The molecule has 1 heterocycles. The number of carbonyl (C=O) groups excluding carboxylic acids is 1. The van der Waals surface area contributed by atoms with Crippen LogP contribution in [0.5, 0.6) is 0 Å². The number of nitrogens with one attached hydrogen (secondary N) is 2. The van der Waals surface area contributed by atoms with E-state index < -0.39 is 13.0 Å². The van der Waals surface area contributed by atoms with Crippen LogP contribution in [0, 0.1) is 0 Å². The van der Waals surface area contributed by atoms with Crippen molar-refractivity contribution in [3.05, 3.63) is 0 Å². The van der Waals surface area contributed by atoms with Crippen LogP contribution in [0.15, 0.2) is 0 Å². The molecular formula is C12H23ClF2N2O3. The van der Waals surface area contributed by atoms with Gasteiger partial charge in [-0.15, -0.1) is 12.4 Å². The van der Waals surface area contributed by atoms with Gasteiger partial charge in [0, 0.05) is 20.1 Å². The van der Waals surface area contributed by atoms with Crippen molar-refractivity contribution in [3.63, 3.8) is 0 Å². The highest BCUT2D eigenvalue weighted by Crippen LogP contribution is 2.18. The molecule has 1 saturated heterocycles. The number of methoxy groups -OCH3 is 1. The number of hydrogen-bond donors (Lipinski definition) is 2. The molecular weight excluding hydrogens is 294 g/mol. The van der Waals surface area contributed by atoms with Crippen LogP contribution in [0.1, 0.15) is 19.3 Å². The molecule has 2 N–H and O–H groups in total. The molecule has 0 aliphatic carbocycles. The summed E-state index contributed by atoms with van der Waals surface area (Å²) < 4.78 is 33.4. The molecule has 1 fully saturated rings. The molecule has 120 valence electrons. The second kappa shape index (κ2) is 10.3. The molecule has 0 radical (unpaired) electrons. The largest absolute Gasteiger partial charge is 0.383 e. The molecule has 0 aromatic rings. The topological polar surface area (TPSA) is 59.6 Å². The summed E-state index contributed by atoms with van der Waals surface area (Å²) in [4.78, 5) is 11.5. The summed E-state index contributed by atoms with van der Waals surface area (Å²) in [6.07, 6.45) is -0.397. The molecule has 1 amide bonds. The van der Waals surface area contributed by atoms with Crippen LogP contribution in [0.3, 0.4) is 0 Å². The van der Waals surface area contributed by atoms with Gasteiger partial charge in [0.05, 0.1) is 18.8 Å². The minimum atomic E-state index is -2.49. The number of carbonyl (C=O) groups is 1. The minimum Gasteiger partial charge on any atom is -0.383 e. The molecule has 0 aromatic heterocycles. The number of rotatable bonds is 9. The zero-order chi connectivity index (χ0) is 14.1. The van der Waals surface area contributed by atoms with E-state index in [2.05, 4.69) is 15.4 Å². The molecule has 5 nitrogen and oxygen atoms in total. The van der Waals surface area contributed by atoms with Crippen LogP contribution >= 0.6 is 12.4 Å². The Morgan fingerprint density at radius 2 is 2.25 bits per heavy atom. The van der Waals surface area contributed by atoms with E-state index in [4.69, 9.17) is 4.74 Å². The third-order valence-corrected chi connectivity index (χ3v) is 3.09. The van der Waals surface area contributed by atoms with Gasteiger partial charge in [0.2, 0.25) is 5.91 Å². The molecule has 20 heavy (non-hydrogen) atoms. The molecule has 0 spiro atoms. The van der Waals surface area contributed by atoms with Gasteiger partial charge in [0.15, 0.2) is 0 Å². The quantitative estimate of drug-likeness (QED) is 0.622. The van der Waals surface area contributed by atoms with Crippen LogP contribution in [0.2, 0.25) is 0 Å². The van der Waals surface area contributed by atoms with Crippen LogP contribution in [-0.2, 0) is 14.3 Å². The van der Waals surface area contributed by atoms with E-state index in [1.165, 1.54) is 0 Å². The maximum absolute atomic E-state index is 11.8. The summed E-state index contributed by atoms with van der Waals surface area (Å²) in [6.45, 7) is 1.32. The fourth-order valence-corrected chi connectivity index (χ4v) is 2.16. The number of ether oxygens (including phenoxy) is 2. The van der Waals surface area contributed by atoms with E-state index in [9.17, 15) is 13.6 Å². The SMILES string of the molecule is COCC1(CNC(=O)CCOCC(F)F)CCCN1.Cl. The van der Waals surface area contributed by atoms with Gasteiger partial charge < -0.3 is 20.1 Å². The Morgan fingerprint density at radius 3 is 2.80 bits per heavy atom. The van der Waals surface area contributed by atoms with Crippen molar-refractivity contribution < 1.29 is 23.0 Å². The van der Waals surface area contributed by atoms with Crippen molar-refractivity contribution in [1.29, 1.82) is 0 Å². The molecule has 0 saturated carbocycles. The highest BCUT2D eigenvalue weighted by molar-refractivity contribution is 5.85. The number of hydrogen-bond acceptors (Lipinski definition) is 4. The number of halogens is 3. The monoisotopic (exact) mass is 316 g/mol. The summed E-state index contributed by atoms with van der Waals surface area (Å²) in [5.74, 6) is -0.196.